The van der Waals surface area contributed by atoms with Crippen LogP contribution >= 0.6 is 11.8 Å². The van der Waals surface area contributed by atoms with Crippen LogP contribution in [0.3, 0.4) is 0 Å². The molecule has 3 aliphatic rings. The summed E-state index contributed by atoms with van der Waals surface area (Å²) in [5, 5.41) is 0.165. The fourth-order valence-corrected chi connectivity index (χ4v) is 7.88. The molecular formula is C29H33FN5O3S+. The third kappa shape index (κ3) is 4.28. The summed E-state index contributed by atoms with van der Waals surface area (Å²) in [6.45, 7) is 4.79. The summed E-state index contributed by atoms with van der Waals surface area (Å²) in [4.78, 5) is 49.3. The monoisotopic (exact) mass is 550 g/mol. The number of quaternary nitrogens is 1. The molecular weight excluding hydrogens is 517 g/mol. The van der Waals surface area contributed by atoms with Crippen molar-refractivity contribution in [2.24, 2.45) is 0 Å². The van der Waals surface area contributed by atoms with Crippen molar-refractivity contribution < 1.29 is 9.18 Å². The van der Waals surface area contributed by atoms with E-state index in [4.69, 9.17) is 4.98 Å². The zero-order valence-corrected chi connectivity index (χ0v) is 23.1. The van der Waals surface area contributed by atoms with Crippen molar-refractivity contribution in [1.82, 2.24) is 23.6 Å². The lowest BCUT2D eigenvalue weighted by Crippen LogP contribution is -2.56. The Labute approximate surface area is 230 Å². The number of carbonyl (C=O) groups excluding carboxylic acids is 1. The maximum atomic E-state index is 14.2. The Morgan fingerprint density at radius 1 is 1.03 bits per heavy atom. The zero-order chi connectivity index (χ0) is 27.3. The standard InChI is InChI=1S/C29H33FN5O3S/c1-3-35(13-10-25(36)23-9-4-18(2)32-27(23)35)22-7-5-20(6-8-22)34-28(37)24-16-19(30)17-31-26(24)33(29(34)38)21-11-14-39-15-12-21/h4,9-10,13,16-17,20-22H,3,5-8,11-12,14-15H2,1-2H3/q+1. The van der Waals surface area contributed by atoms with Gasteiger partial charge >= 0.3 is 5.69 Å². The summed E-state index contributed by atoms with van der Waals surface area (Å²) in [6, 6.07) is 4.78. The van der Waals surface area contributed by atoms with E-state index in [0.29, 0.717) is 22.9 Å². The lowest BCUT2D eigenvalue weighted by molar-refractivity contribution is 0.102. The summed E-state index contributed by atoms with van der Waals surface area (Å²) < 4.78 is 17.8. The molecule has 0 spiro atoms. The van der Waals surface area contributed by atoms with Gasteiger partial charge in [0.2, 0.25) is 5.82 Å². The van der Waals surface area contributed by atoms with Crippen molar-refractivity contribution in [2.45, 2.75) is 70.5 Å². The molecule has 10 heteroatoms. The van der Waals surface area contributed by atoms with Crippen molar-refractivity contribution >= 4 is 34.4 Å². The number of pyridine rings is 2. The number of thioether (sulfide) groups is 1. The molecule has 0 aromatic carbocycles. The minimum Gasteiger partial charge on any atom is -0.289 e. The van der Waals surface area contributed by atoms with Gasteiger partial charge in [-0.3, -0.25) is 18.7 Å². The van der Waals surface area contributed by atoms with Gasteiger partial charge in [0.25, 0.3) is 5.56 Å². The van der Waals surface area contributed by atoms with E-state index in [1.54, 1.807) is 10.6 Å². The number of rotatable bonds is 4. The van der Waals surface area contributed by atoms with Gasteiger partial charge in [0.1, 0.15) is 23.2 Å². The Bertz CT molecular complexity index is 1600. The van der Waals surface area contributed by atoms with Gasteiger partial charge in [0, 0.05) is 36.7 Å². The molecule has 0 radical (unpaired) electrons. The predicted molar refractivity (Wildman–Crippen MR) is 152 cm³/mol. The molecule has 3 aromatic heterocycles. The number of aromatic nitrogens is 4. The molecule has 3 aromatic rings. The van der Waals surface area contributed by atoms with Gasteiger partial charge in [-0.1, -0.05) is 0 Å². The molecule has 5 heterocycles. The first kappa shape index (κ1) is 26.1. The Balaban J connectivity index is 1.38. The van der Waals surface area contributed by atoms with Crippen LogP contribution in [0.5, 0.6) is 0 Å². The van der Waals surface area contributed by atoms with Crippen LogP contribution in [0.25, 0.3) is 11.0 Å². The molecule has 1 aliphatic carbocycles. The summed E-state index contributed by atoms with van der Waals surface area (Å²) in [7, 11) is 0. The SMILES string of the molecule is CC[N+]1(C2CCC(n3c(=O)c4cc(F)cnc4n(C4CCSCC4)c3=O)CC2)C=CC(=O)c2ccc(C)nc21. The molecule has 0 N–H and O–H groups in total. The van der Waals surface area contributed by atoms with Gasteiger partial charge in [0.15, 0.2) is 5.78 Å². The molecule has 1 saturated carbocycles. The van der Waals surface area contributed by atoms with Gasteiger partial charge in [-0.25, -0.2) is 23.6 Å². The average molecular weight is 551 g/mol. The number of carbonyl (C=O) groups is 1. The molecule has 8 nitrogen and oxygen atoms in total. The highest BCUT2D eigenvalue weighted by atomic mass is 32.2. The minimum atomic E-state index is -0.582. The third-order valence-corrected chi connectivity index (χ3v) is 9.90. The second kappa shape index (κ2) is 10.1. The Hall–Kier alpha value is -3.11. The molecule has 1 unspecified atom stereocenters. The van der Waals surface area contributed by atoms with E-state index in [-0.39, 0.29) is 40.6 Å². The van der Waals surface area contributed by atoms with Crippen LogP contribution < -0.4 is 15.7 Å². The smallest absolute Gasteiger partial charge is 0.289 e. The number of aryl methyl sites for hydroxylation is 1. The number of fused-ring (bicyclic) bond motifs is 2. The molecule has 1 atom stereocenters. The van der Waals surface area contributed by atoms with Gasteiger partial charge in [-0.2, -0.15) is 11.8 Å². The number of hydrogen-bond donors (Lipinski definition) is 0. The first-order valence-electron chi connectivity index (χ1n) is 13.8. The van der Waals surface area contributed by atoms with Crippen LogP contribution in [0.2, 0.25) is 0 Å². The van der Waals surface area contributed by atoms with Crippen LogP contribution in [0, 0.1) is 12.7 Å². The van der Waals surface area contributed by atoms with Crippen molar-refractivity contribution in [2.75, 3.05) is 18.1 Å². The van der Waals surface area contributed by atoms with Gasteiger partial charge < -0.3 is 0 Å². The maximum absolute atomic E-state index is 14.2. The summed E-state index contributed by atoms with van der Waals surface area (Å²) in [5.74, 6) is 2.05. The molecule has 0 amide bonds. The summed E-state index contributed by atoms with van der Waals surface area (Å²) in [5.41, 5.74) is 0.993. The largest absolute Gasteiger partial charge is 0.333 e. The normalized spacial score (nSPS) is 25.7. The van der Waals surface area contributed by atoms with E-state index >= 15 is 0 Å². The maximum Gasteiger partial charge on any atom is 0.333 e. The molecule has 2 fully saturated rings. The highest BCUT2D eigenvalue weighted by Gasteiger charge is 2.45. The van der Waals surface area contributed by atoms with Crippen LogP contribution in [0.4, 0.5) is 10.2 Å². The first-order valence-corrected chi connectivity index (χ1v) is 15.0. The molecule has 39 heavy (non-hydrogen) atoms. The molecule has 204 valence electrons. The average Bonchev–Trinajstić information content (AvgIpc) is 2.95. The first-order chi connectivity index (χ1) is 18.8. The Kier molecular flexibility index (Phi) is 6.79. The Morgan fingerprint density at radius 3 is 2.46 bits per heavy atom. The van der Waals surface area contributed by atoms with Crippen LogP contribution in [0.1, 0.15) is 73.6 Å². The van der Waals surface area contributed by atoms with Crippen molar-refractivity contribution in [3.63, 3.8) is 0 Å². The number of halogens is 1. The molecule has 0 bridgehead atoms. The van der Waals surface area contributed by atoms with Crippen LogP contribution in [-0.4, -0.2) is 49.0 Å². The van der Waals surface area contributed by atoms with Crippen molar-refractivity contribution in [1.29, 1.82) is 0 Å². The highest BCUT2D eigenvalue weighted by Crippen LogP contribution is 2.40. The van der Waals surface area contributed by atoms with E-state index < -0.39 is 11.4 Å². The lowest BCUT2D eigenvalue weighted by Gasteiger charge is -2.44. The molecule has 1 saturated heterocycles. The Morgan fingerprint density at radius 2 is 1.74 bits per heavy atom. The van der Waals surface area contributed by atoms with Crippen LogP contribution in [0.15, 0.2) is 46.3 Å². The van der Waals surface area contributed by atoms with E-state index in [2.05, 4.69) is 11.9 Å². The lowest BCUT2D eigenvalue weighted by atomic mass is 9.87. The predicted octanol–water partition coefficient (Wildman–Crippen LogP) is 4.69. The fraction of sp³-hybridized carbons (Fsp3) is 0.483. The quantitative estimate of drug-likeness (QED) is 0.438. The second-order valence-electron chi connectivity index (χ2n) is 10.9. The zero-order valence-electron chi connectivity index (χ0n) is 22.3. The summed E-state index contributed by atoms with van der Waals surface area (Å²) >= 11 is 1.86. The number of nitrogens with zero attached hydrogens (tertiary/aromatic N) is 5. The topological polar surface area (TPSA) is 86.9 Å². The van der Waals surface area contributed by atoms with Gasteiger partial charge in [-0.05, 0) is 69.2 Å². The second-order valence-corrected chi connectivity index (χ2v) is 12.1. The minimum absolute atomic E-state index is 0.0291. The van der Waals surface area contributed by atoms with Gasteiger partial charge in [-0.15, -0.1) is 0 Å². The fourth-order valence-electron chi connectivity index (χ4n) is 6.80. The summed E-state index contributed by atoms with van der Waals surface area (Å²) in [6.07, 6.45) is 9.15. The van der Waals surface area contributed by atoms with E-state index in [1.165, 1.54) is 10.6 Å². The molecule has 6 rings (SSSR count). The van der Waals surface area contributed by atoms with Crippen molar-refractivity contribution in [3.8, 4) is 0 Å². The van der Waals surface area contributed by atoms with Crippen LogP contribution in [-0.2, 0) is 0 Å². The van der Waals surface area contributed by atoms with E-state index in [9.17, 15) is 18.8 Å². The number of hydrogen-bond acceptors (Lipinski definition) is 6. The van der Waals surface area contributed by atoms with E-state index in [1.807, 2.05) is 37.0 Å². The highest BCUT2D eigenvalue weighted by molar-refractivity contribution is 7.99. The van der Waals surface area contributed by atoms with Gasteiger partial charge in [0.05, 0.1) is 24.2 Å². The number of allylic oxidation sites excluding steroid dienone is 1. The van der Waals surface area contributed by atoms with Crippen molar-refractivity contribution in [3.05, 3.63) is 74.6 Å². The third-order valence-electron chi connectivity index (χ3n) is 8.85. The van der Waals surface area contributed by atoms with E-state index in [0.717, 1.165) is 61.4 Å². The molecule has 2 aliphatic heterocycles. The number of ketones is 1.